The third kappa shape index (κ3) is 3.39. The van der Waals surface area contributed by atoms with Crippen LogP contribution >= 0.6 is 0 Å². The van der Waals surface area contributed by atoms with Crippen molar-refractivity contribution in [1.82, 2.24) is 10.2 Å². The van der Waals surface area contributed by atoms with Crippen molar-refractivity contribution in [1.29, 1.82) is 0 Å². The Balaban J connectivity index is 1.64. The molecule has 0 aromatic rings. The van der Waals surface area contributed by atoms with E-state index in [-0.39, 0.29) is 0 Å². The topological polar surface area (TPSA) is 15.3 Å². The third-order valence-corrected chi connectivity index (χ3v) is 6.01. The molecule has 116 valence electrons. The summed E-state index contributed by atoms with van der Waals surface area (Å²) in [4.78, 5) is 2.90. The highest BCUT2D eigenvalue weighted by Gasteiger charge is 2.41. The van der Waals surface area contributed by atoms with Gasteiger partial charge in [0, 0.05) is 31.2 Å². The second kappa shape index (κ2) is 6.36. The summed E-state index contributed by atoms with van der Waals surface area (Å²) >= 11 is 0. The minimum atomic E-state index is 0.492. The average Bonchev–Trinajstić information content (AvgIpc) is 3.05. The molecule has 0 bridgehead atoms. The zero-order chi connectivity index (χ0) is 14.0. The molecular formula is C18H34N2. The Morgan fingerprint density at radius 2 is 1.80 bits per heavy atom. The molecule has 2 nitrogen and oxygen atoms in total. The highest BCUT2D eigenvalue weighted by Crippen LogP contribution is 2.35. The lowest BCUT2D eigenvalue weighted by molar-refractivity contribution is 0.0565. The van der Waals surface area contributed by atoms with Crippen molar-refractivity contribution >= 4 is 0 Å². The summed E-state index contributed by atoms with van der Waals surface area (Å²) < 4.78 is 0. The molecule has 0 amide bonds. The van der Waals surface area contributed by atoms with Crippen molar-refractivity contribution in [3.63, 3.8) is 0 Å². The van der Waals surface area contributed by atoms with E-state index >= 15 is 0 Å². The first-order valence-corrected chi connectivity index (χ1v) is 9.16. The first-order chi connectivity index (χ1) is 9.67. The maximum atomic E-state index is 3.96. The maximum absolute atomic E-state index is 3.96. The minimum absolute atomic E-state index is 0.492. The smallest absolute Gasteiger partial charge is 0.0309 e. The van der Waals surface area contributed by atoms with E-state index in [0.717, 1.165) is 17.9 Å². The molecular weight excluding hydrogens is 244 g/mol. The number of piperazine rings is 1. The number of rotatable bonds is 4. The maximum Gasteiger partial charge on any atom is 0.0309 e. The van der Waals surface area contributed by atoms with Crippen molar-refractivity contribution in [3.8, 4) is 0 Å². The molecule has 0 aromatic carbocycles. The van der Waals surface area contributed by atoms with Crippen LogP contribution in [0.2, 0.25) is 0 Å². The number of nitrogens with zero attached hydrogens (tertiary/aromatic N) is 1. The van der Waals surface area contributed by atoms with Crippen LogP contribution in [0.4, 0.5) is 0 Å². The summed E-state index contributed by atoms with van der Waals surface area (Å²) in [6.07, 6.45) is 13.0. The lowest BCUT2D eigenvalue weighted by Gasteiger charge is -2.48. The van der Waals surface area contributed by atoms with Gasteiger partial charge in [0.1, 0.15) is 0 Å². The van der Waals surface area contributed by atoms with Gasteiger partial charge in [-0.2, -0.15) is 0 Å². The Kier molecular flexibility index (Phi) is 4.72. The van der Waals surface area contributed by atoms with Crippen molar-refractivity contribution in [2.75, 3.05) is 19.6 Å². The van der Waals surface area contributed by atoms with E-state index in [9.17, 15) is 0 Å². The summed E-state index contributed by atoms with van der Waals surface area (Å²) in [6, 6.07) is 0.793. The first-order valence-electron chi connectivity index (χ1n) is 9.16. The van der Waals surface area contributed by atoms with Crippen LogP contribution < -0.4 is 5.32 Å². The van der Waals surface area contributed by atoms with E-state index in [1.165, 1.54) is 77.4 Å². The SMILES string of the molecule is CC(C)CC1CNC2(CCCC2)CN1CC1CCCC1. The molecule has 20 heavy (non-hydrogen) atoms. The fraction of sp³-hybridized carbons (Fsp3) is 1.00. The molecule has 1 atom stereocenters. The van der Waals surface area contributed by atoms with Crippen LogP contribution in [0.1, 0.15) is 71.6 Å². The summed E-state index contributed by atoms with van der Waals surface area (Å²) in [5.41, 5.74) is 0.492. The number of nitrogens with one attached hydrogen (secondary N) is 1. The minimum Gasteiger partial charge on any atom is -0.308 e. The van der Waals surface area contributed by atoms with Gasteiger partial charge in [0.15, 0.2) is 0 Å². The Bertz CT molecular complexity index is 301. The summed E-state index contributed by atoms with van der Waals surface area (Å²) in [7, 11) is 0. The van der Waals surface area contributed by atoms with Crippen molar-refractivity contribution in [2.45, 2.75) is 83.2 Å². The fourth-order valence-electron chi connectivity index (χ4n) is 4.94. The highest BCUT2D eigenvalue weighted by molar-refractivity contribution is 5.01. The molecule has 2 aliphatic carbocycles. The van der Waals surface area contributed by atoms with Crippen molar-refractivity contribution < 1.29 is 0 Å². The van der Waals surface area contributed by atoms with E-state index in [1.54, 1.807) is 0 Å². The molecule has 1 heterocycles. The van der Waals surface area contributed by atoms with Crippen LogP contribution in [0.25, 0.3) is 0 Å². The molecule has 1 saturated heterocycles. The molecule has 0 aromatic heterocycles. The van der Waals surface area contributed by atoms with Gasteiger partial charge in [-0.3, -0.25) is 4.90 Å². The van der Waals surface area contributed by atoms with Crippen LogP contribution in [0, 0.1) is 11.8 Å². The number of hydrogen-bond donors (Lipinski definition) is 1. The van der Waals surface area contributed by atoms with Crippen LogP contribution in [-0.2, 0) is 0 Å². The Morgan fingerprint density at radius 1 is 1.10 bits per heavy atom. The third-order valence-electron chi connectivity index (χ3n) is 6.01. The quantitative estimate of drug-likeness (QED) is 0.841. The van der Waals surface area contributed by atoms with Crippen molar-refractivity contribution in [3.05, 3.63) is 0 Å². The molecule has 3 fully saturated rings. The van der Waals surface area contributed by atoms with Gasteiger partial charge in [-0.25, -0.2) is 0 Å². The Hall–Kier alpha value is -0.0800. The monoisotopic (exact) mass is 278 g/mol. The van der Waals surface area contributed by atoms with Crippen LogP contribution in [0.5, 0.6) is 0 Å². The predicted octanol–water partition coefficient (Wildman–Crippen LogP) is 3.81. The first kappa shape index (κ1) is 14.8. The van der Waals surface area contributed by atoms with Gasteiger partial charge in [-0.15, -0.1) is 0 Å². The van der Waals surface area contributed by atoms with E-state index in [2.05, 4.69) is 24.1 Å². The molecule has 1 N–H and O–H groups in total. The van der Waals surface area contributed by atoms with Crippen LogP contribution in [0.15, 0.2) is 0 Å². The lowest BCUT2D eigenvalue weighted by Crippen LogP contribution is -2.63. The molecule has 1 aliphatic heterocycles. The van der Waals surface area contributed by atoms with Gasteiger partial charge in [0.2, 0.25) is 0 Å². The molecule has 3 aliphatic rings. The zero-order valence-corrected chi connectivity index (χ0v) is 13.7. The molecule has 1 unspecified atom stereocenters. The van der Waals surface area contributed by atoms with E-state index in [1.807, 2.05) is 0 Å². The second-order valence-electron chi connectivity index (χ2n) is 8.23. The molecule has 2 saturated carbocycles. The standard InChI is InChI=1S/C18H34N2/c1-15(2)11-17-12-19-18(9-5-6-10-18)14-20(17)13-16-7-3-4-8-16/h15-17,19H,3-14H2,1-2H3. The van der Waals surface area contributed by atoms with Crippen LogP contribution in [0.3, 0.4) is 0 Å². The second-order valence-corrected chi connectivity index (χ2v) is 8.23. The molecule has 1 spiro atoms. The molecule has 3 rings (SSSR count). The van der Waals surface area contributed by atoms with Gasteiger partial charge in [-0.1, -0.05) is 39.5 Å². The van der Waals surface area contributed by atoms with Gasteiger partial charge < -0.3 is 5.32 Å². The highest BCUT2D eigenvalue weighted by atomic mass is 15.3. The Morgan fingerprint density at radius 3 is 2.45 bits per heavy atom. The summed E-state index contributed by atoms with van der Waals surface area (Å²) in [5, 5.41) is 3.96. The van der Waals surface area contributed by atoms with E-state index < -0.39 is 0 Å². The summed E-state index contributed by atoms with van der Waals surface area (Å²) in [6.45, 7) is 8.73. The Labute approximate surface area is 125 Å². The average molecular weight is 278 g/mol. The fourth-order valence-corrected chi connectivity index (χ4v) is 4.94. The van der Waals surface area contributed by atoms with Gasteiger partial charge >= 0.3 is 0 Å². The predicted molar refractivity (Wildman–Crippen MR) is 86.0 cm³/mol. The van der Waals surface area contributed by atoms with Gasteiger partial charge in [0.25, 0.3) is 0 Å². The van der Waals surface area contributed by atoms with Crippen molar-refractivity contribution in [2.24, 2.45) is 11.8 Å². The molecule has 0 radical (unpaired) electrons. The van der Waals surface area contributed by atoms with Gasteiger partial charge in [-0.05, 0) is 43.9 Å². The summed E-state index contributed by atoms with van der Waals surface area (Å²) in [5.74, 6) is 1.83. The van der Waals surface area contributed by atoms with Gasteiger partial charge in [0.05, 0.1) is 0 Å². The largest absolute Gasteiger partial charge is 0.308 e. The zero-order valence-electron chi connectivity index (χ0n) is 13.7. The van der Waals surface area contributed by atoms with Crippen LogP contribution in [-0.4, -0.2) is 36.1 Å². The van der Waals surface area contributed by atoms with E-state index in [0.29, 0.717) is 5.54 Å². The normalized spacial score (nSPS) is 31.6. The molecule has 2 heteroatoms. The number of hydrogen-bond acceptors (Lipinski definition) is 2. The van der Waals surface area contributed by atoms with E-state index in [4.69, 9.17) is 0 Å². The lowest BCUT2D eigenvalue weighted by atomic mass is 9.89.